The predicted molar refractivity (Wildman–Crippen MR) is 120 cm³/mol. The fraction of sp³-hybridized carbons (Fsp3) is 0.381. The molecule has 9 heteroatoms. The molecule has 1 fully saturated rings. The lowest BCUT2D eigenvalue weighted by molar-refractivity contribution is -0.123. The largest absolute Gasteiger partial charge is 0.482 e. The zero-order chi connectivity index (χ0) is 21.7. The number of amides is 1. The van der Waals surface area contributed by atoms with Crippen LogP contribution >= 0.6 is 27.5 Å². The first-order valence-electron chi connectivity index (χ1n) is 9.74. The lowest BCUT2D eigenvalue weighted by Crippen LogP contribution is -2.32. The Hall–Kier alpha value is -1.61. The molecule has 0 heterocycles. The third kappa shape index (κ3) is 6.20. The molecule has 0 aromatic heterocycles. The minimum absolute atomic E-state index is 0.0272. The van der Waals surface area contributed by atoms with Gasteiger partial charge in [-0.2, -0.15) is 0 Å². The molecular formula is C21H24BrClN2O4S. The molecule has 1 amide bonds. The smallest absolute Gasteiger partial charge is 0.258 e. The Kier molecular flexibility index (Phi) is 7.79. The van der Waals surface area contributed by atoms with Crippen LogP contribution in [0, 0.1) is 0 Å². The molecule has 3 rings (SSSR count). The number of rotatable bonds is 8. The molecule has 2 aromatic rings. The highest BCUT2D eigenvalue weighted by Crippen LogP contribution is 2.28. The van der Waals surface area contributed by atoms with Crippen molar-refractivity contribution in [3.05, 3.63) is 57.5 Å². The van der Waals surface area contributed by atoms with Crippen LogP contribution in [0.15, 0.2) is 51.8 Å². The van der Waals surface area contributed by atoms with Crippen molar-refractivity contribution in [3.63, 3.8) is 0 Å². The normalized spacial score (nSPS) is 15.7. The Labute approximate surface area is 190 Å². The number of halogens is 2. The minimum atomic E-state index is -3.64. The molecule has 0 spiro atoms. The fourth-order valence-corrected chi connectivity index (χ4v) is 5.43. The molecule has 1 aliphatic rings. The summed E-state index contributed by atoms with van der Waals surface area (Å²) >= 11 is 9.61. The summed E-state index contributed by atoms with van der Waals surface area (Å²) in [5.74, 6) is -0.0557. The molecule has 30 heavy (non-hydrogen) atoms. The van der Waals surface area contributed by atoms with Gasteiger partial charge in [0.05, 0.1) is 16.0 Å². The zero-order valence-corrected chi connectivity index (χ0v) is 19.7. The second-order valence-corrected chi connectivity index (χ2v) is 10.4. The van der Waals surface area contributed by atoms with E-state index < -0.39 is 10.0 Å². The van der Waals surface area contributed by atoms with Crippen LogP contribution in [0.1, 0.15) is 44.2 Å². The molecule has 1 atom stereocenters. The highest BCUT2D eigenvalue weighted by Gasteiger charge is 2.23. The average Bonchev–Trinajstić information content (AvgIpc) is 3.19. The molecule has 162 valence electrons. The quantitative estimate of drug-likeness (QED) is 0.539. The lowest BCUT2D eigenvalue weighted by Gasteiger charge is -2.16. The van der Waals surface area contributed by atoms with E-state index in [0.717, 1.165) is 35.7 Å². The van der Waals surface area contributed by atoms with E-state index in [0.29, 0.717) is 0 Å². The van der Waals surface area contributed by atoms with E-state index >= 15 is 0 Å². The van der Waals surface area contributed by atoms with Crippen LogP contribution in [-0.4, -0.2) is 27.0 Å². The topological polar surface area (TPSA) is 84.5 Å². The van der Waals surface area contributed by atoms with Gasteiger partial charge in [0.25, 0.3) is 5.91 Å². The first kappa shape index (κ1) is 23.1. The summed E-state index contributed by atoms with van der Waals surface area (Å²) in [6, 6.07) is 11.7. The van der Waals surface area contributed by atoms with Crippen molar-refractivity contribution in [1.82, 2.24) is 10.0 Å². The van der Waals surface area contributed by atoms with Gasteiger partial charge in [-0.05, 0) is 55.7 Å². The van der Waals surface area contributed by atoms with Crippen LogP contribution in [0.25, 0.3) is 0 Å². The van der Waals surface area contributed by atoms with Gasteiger partial charge in [0.2, 0.25) is 10.0 Å². The van der Waals surface area contributed by atoms with E-state index in [9.17, 15) is 13.2 Å². The third-order valence-electron chi connectivity index (χ3n) is 4.98. The SMILES string of the molecule is CC(NC(=O)COc1ccc(S(=O)(=O)NC2CCCC2)cc1Cl)c1cccc(Br)c1. The van der Waals surface area contributed by atoms with Crippen LogP contribution in [0.5, 0.6) is 5.75 Å². The third-order valence-corrected chi connectivity index (χ3v) is 7.28. The number of carbonyl (C=O) groups excluding carboxylic acids is 1. The highest BCUT2D eigenvalue weighted by molar-refractivity contribution is 9.10. The van der Waals surface area contributed by atoms with Crippen molar-refractivity contribution in [2.24, 2.45) is 0 Å². The molecular weight excluding hydrogens is 492 g/mol. The molecule has 1 saturated carbocycles. The Morgan fingerprint density at radius 2 is 1.97 bits per heavy atom. The molecule has 2 N–H and O–H groups in total. The van der Waals surface area contributed by atoms with Crippen molar-refractivity contribution in [2.45, 2.75) is 49.6 Å². The maximum absolute atomic E-state index is 12.5. The molecule has 1 aliphatic carbocycles. The highest BCUT2D eigenvalue weighted by atomic mass is 79.9. The van der Waals surface area contributed by atoms with Crippen molar-refractivity contribution >= 4 is 43.5 Å². The Bertz CT molecular complexity index is 1010. The summed E-state index contributed by atoms with van der Waals surface area (Å²) in [5, 5.41) is 2.99. The fourth-order valence-electron chi connectivity index (χ4n) is 3.38. The maximum atomic E-state index is 12.5. The van der Waals surface area contributed by atoms with E-state index in [1.54, 1.807) is 0 Å². The van der Waals surface area contributed by atoms with E-state index in [1.165, 1.54) is 18.2 Å². The van der Waals surface area contributed by atoms with Crippen LogP contribution < -0.4 is 14.8 Å². The van der Waals surface area contributed by atoms with Crippen molar-refractivity contribution < 1.29 is 17.9 Å². The van der Waals surface area contributed by atoms with Crippen molar-refractivity contribution in [2.75, 3.05) is 6.61 Å². The van der Waals surface area contributed by atoms with Gasteiger partial charge in [-0.15, -0.1) is 0 Å². The van der Waals surface area contributed by atoms with Gasteiger partial charge >= 0.3 is 0 Å². The van der Waals surface area contributed by atoms with Crippen molar-refractivity contribution in [3.8, 4) is 5.75 Å². The number of hydrogen-bond acceptors (Lipinski definition) is 4. The second-order valence-electron chi connectivity index (χ2n) is 7.33. The van der Waals surface area contributed by atoms with Gasteiger partial charge in [0.1, 0.15) is 5.75 Å². The van der Waals surface area contributed by atoms with Crippen LogP contribution in [0.4, 0.5) is 0 Å². The minimum Gasteiger partial charge on any atom is -0.482 e. The number of ether oxygens (including phenoxy) is 1. The van der Waals surface area contributed by atoms with E-state index in [-0.39, 0.29) is 40.3 Å². The number of benzene rings is 2. The number of sulfonamides is 1. The maximum Gasteiger partial charge on any atom is 0.258 e. The molecule has 0 bridgehead atoms. The van der Waals surface area contributed by atoms with Gasteiger partial charge in [0.15, 0.2) is 6.61 Å². The van der Waals surface area contributed by atoms with Gasteiger partial charge in [-0.25, -0.2) is 13.1 Å². The summed E-state index contributed by atoms with van der Waals surface area (Å²) in [6.07, 6.45) is 3.76. The van der Waals surface area contributed by atoms with Crippen LogP contribution in [0.2, 0.25) is 5.02 Å². The van der Waals surface area contributed by atoms with E-state index in [4.69, 9.17) is 16.3 Å². The molecule has 1 unspecified atom stereocenters. The van der Waals surface area contributed by atoms with Gasteiger partial charge in [0, 0.05) is 10.5 Å². The first-order chi connectivity index (χ1) is 14.2. The number of hydrogen-bond donors (Lipinski definition) is 2. The molecule has 0 radical (unpaired) electrons. The van der Waals surface area contributed by atoms with E-state index in [2.05, 4.69) is 26.0 Å². The van der Waals surface area contributed by atoms with Gasteiger partial charge in [-0.1, -0.05) is 52.5 Å². The number of carbonyl (C=O) groups is 1. The average molecular weight is 516 g/mol. The molecule has 6 nitrogen and oxygen atoms in total. The van der Waals surface area contributed by atoms with Crippen LogP contribution in [-0.2, 0) is 14.8 Å². The van der Waals surface area contributed by atoms with Crippen molar-refractivity contribution in [1.29, 1.82) is 0 Å². The summed E-state index contributed by atoms with van der Waals surface area (Å²) in [5.41, 5.74) is 0.958. The zero-order valence-electron chi connectivity index (χ0n) is 16.5. The summed E-state index contributed by atoms with van der Waals surface area (Å²) in [6.45, 7) is 1.65. The molecule has 0 saturated heterocycles. The first-order valence-corrected chi connectivity index (χ1v) is 12.4. The second kappa shape index (κ2) is 10.1. The summed E-state index contributed by atoms with van der Waals surface area (Å²) in [4.78, 5) is 12.3. The number of nitrogens with one attached hydrogen (secondary N) is 2. The summed E-state index contributed by atoms with van der Waals surface area (Å²) < 4.78 is 34.2. The summed E-state index contributed by atoms with van der Waals surface area (Å²) in [7, 11) is -3.64. The predicted octanol–water partition coefficient (Wildman–Crippen LogP) is 4.58. The van der Waals surface area contributed by atoms with E-state index in [1.807, 2.05) is 31.2 Å². The monoisotopic (exact) mass is 514 g/mol. The standard InChI is InChI=1S/C21H24BrClN2O4S/c1-14(15-5-4-6-16(22)11-15)24-21(26)13-29-20-10-9-18(12-19(20)23)30(27,28)25-17-7-2-3-8-17/h4-6,9-12,14,17,25H,2-3,7-8,13H2,1H3,(H,24,26). The van der Waals surface area contributed by atoms with Gasteiger partial charge in [-0.3, -0.25) is 4.79 Å². The lowest BCUT2D eigenvalue weighted by atomic mass is 10.1. The Morgan fingerprint density at radius 1 is 1.23 bits per heavy atom. The molecule has 0 aliphatic heterocycles. The molecule has 2 aromatic carbocycles. The van der Waals surface area contributed by atoms with Crippen LogP contribution in [0.3, 0.4) is 0 Å². The Morgan fingerprint density at radius 3 is 2.63 bits per heavy atom. The van der Waals surface area contributed by atoms with Gasteiger partial charge < -0.3 is 10.1 Å². The Balaban J connectivity index is 1.57.